The summed E-state index contributed by atoms with van der Waals surface area (Å²) in [5, 5.41) is 3.12. The molecule has 2 aliphatic heterocycles. The van der Waals surface area contributed by atoms with Gasteiger partial charge in [0.25, 0.3) is 5.91 Å². The summed E-state index contributed by atoms with van der Waals surface area (Å²) < 4.78 is 0. The number of likely N-dealkylation sites (tertiary alicyclic amines) is 1. The number of rotatable bonds is 2. The predicted octanol–water partition coefficient (Wildman–Crippen LogP) is 3.60. The molecule has 0 spiro atoms. The minimum absolute atomic E-state index is 0. The van der Waals surface area contributed by atoms with E-state index in [1.54, 1.807) is 7.11 Å². The van der Waals surface area contributed by atoms with E-state index < -0.39 is 0 Å². The number of piperidine rings is 1. The monoisotopic (exact) mass is 343 g/mol. The van der Waals surface area contributed by atoms with Crippen LogP contribution in [0.25, 0.3) is 10.9 Å². The van der Waals surface area contributed by atoms with Crippen LogP contribution in [0.2, 0.25) is 0 Å². The van der Waals surface area contributed by atoms with E-state index in [9.17, 15) is 4.79 Å². The van der Waals surface area contributed by atoms with E-state index in [1.165, 1.54) is 11.3 Å². The van der Waals surface area contributed by atoms with Gasteiger partial charge >= 0.3 is 0 Å². The number of carbonyl (C=O) groups excluding carboxylic acids is 1. The Morgan fingerprint density at radius 1 is 1.24 bits per heavy atom. The smallest absolute Gasteiger partial charge is 0.253 e. The molecule has 25 heavy (non-hydrogen) atoms. The molecule has 2 aromatic rings. The van der Waals surface area contributed by atoms with Crippen molar-refractivity contribution >= 4 is 16.8 Å². The summed E-state index contributed by atoms with van der Waals surface area (Å²) in [6.45, 7) is 5.68. The van der Waals surface area contributed by atoms with E-state index in [2.05, 4.69) is 18.0 Å². The first-order chi connectivity index (χ1) is 11.7. The molecule has 5 nitrogen and oxygen atoms in total. The van der Waals surface area contributed by atoms with Crippen LogP contribution in [0.3, 0.4) is 0 Å². The average Bonchev–Trinajstić information content (AvgIpc) is 2.98. The fourth-order valence-electron chi connectivity index (χ4n) is 3.87. The van der Waals surface area contributed by atoms with Gasteiger partial charge in [-0.1, -0.05) is 14.4 Å². The molecule has 5 heteroatoms. The van der Waals surface area contributed by atoms with Crippen molar-refractivity contribution in [3.63, 3.8) is 0 Å². The van der Waals surface area contributed by atoms with Gasteiger partial charge in [-0.05, 0) is 42.5 Å². The molecule has 1 saturated heterocycles. The first kappa shape index (κ1) is 18.0. The fraction of sp³-hybridized carbons (Fsp3) is 0.550. The third kappa shape index (κ3) is 3.31. The van der Waals surface area contributed by atoms with E-state index in [4.69, 9.17) is 4.84 Å². The van der Waals surface area contributed by atoms with E-state index >= 15 is 0 Å². The number of hydroxylamine groups is 2. The average molecular weight is 343 g/mol. The normalized spacial score (nSPS) is 18.9. The molecule has 136 valence electrons. The van der Waals surface area contributed by atoms with Gasteiger partial charge in [-0.3, -0.25) is 4.79 Å². The van der Waals surface area contributed by atoms with Gasteiger partial charge in [0.05, 0.1) is 13.7 Å². The third-order valence-corrected chi connectivity index (χ3v) is 5.52. The molecule has 0 atom stereocenters. The SMILES string of the molecule is C.CON1CCc2[nH]c3ccc(C(=O)N4CCC(C)CC4)cc3c2C1. The second-order valence-corrected chi connectivity index (χ2v) is 7.11. The van der Waals surface area contributed by atoms with Gasteiger partial charge in [0.1, 0.15) is 0 Å². The molecule has 0 radical (unpaired) electrons. The number of H-pyrrole nitrogens is 1. The zero-order valence-corrected chi connectivity index (χ0v) is 14.5. The summed E-state index contributed by atoms with van der Waals surface area (Å²) in [4.78, 5) is 23.7. The first-order valence-corrected chi connectivity index (χ1v) is 8.87. The molecule has 2 aliphatic rings. The van der Waals surface area contributed by atoms with Crippen molar-refractivity contribution in [1.29, 1.82) is 0 Å². The Balaban J connectivity index is 0.00000182. The Morgan fingerprint density at radius 3 is 2.72 bits per heavy atom. The number of nitrogens with one attached hydrogen (secondary N) is 1. The number of nitrogens with zero attached hydrogens (tertiary/aromatic N) is 2. The topological polar surface area (TPSA) is 48.6 Å². The van der Waals surface area contributed by atoms with Crippen LogP contribution in [0.15, 0.2) is 18.2 Å². The molecule has 0 saturated carbocycles. The van der Waals surface area contributed by atoms with Crippen LogP contribution in [-0.2, 0) is 17.8 Å². The molecule has 3 heterocycles. The van der Waals surface area contributed by atoms with Crippen molar-refractivity contribution in [2.24, 2.45) is 5.92 Å². The molecule has 4 rings (SSSR count). The summed E-state index contributed by atoms with van der Waals surface area (Å²) >= 11 is 0. The van der Waals surface area contributed by atoms with Crippen molar-refractivity contribution < 1.29 is 9.63 Å². The van der Waals surface area contributed by atoms with E-state index in [1.807, 2.05) is 22.1 Å². The number of aromatic nitrogens is 1. The van der Waals surface area contributed by atoms with Crippen molar-refractivity contribution in [2.75, 3.05) is 26.7 Å². The Morgan fingerprint density at radius 2 is 2.00 bits per heavy atom. The molecular formula is C20H29N3O2. The van der Waals surface area contributed by atoms with Crippen LogP contribution in [0.5, 0.6) is 0 Å². The summed E-state index contributed by atoms with van der Waals surface area (Å²) in [7, 11) is 1.71. The van der Waals surface area contributed by atoms with E-state index in [0.717, 1.165) is 67.8 Å². The highest BCUT2D eigenvalue weighted by atomic mass is 16.7. The van der Waals surface area contributed by atoms with Gasteiger partial charge in [-0.15, -0.1) is 0 Å². The van der Waals surface area contributed by atoms with Crippen LogP contribution in [0, 0.1) is 5.92 Å². The molecule has 0 bridgehead atoms. The zero-order chi connectivity index (χ0) is 16.7. The number of carbonyl (C=O) groups is 1. The minimum Gasteiger partial charge on any atom is -0.358 e. The highest BCUT2D eigenvalue weighted by molar-refractivity contribution is 5.99. The number of hydrogen-bond donors (Lipinski definition) is 1. The Labute approximate surface area is 149 Å². The summed E-state index contributed by atoms with van der Waals surface area (Å²) in [5.41, 5.74) is 4.45. The van der Waals surface area contributed by atoms with Crippen LogP contribution < -0.4 is 0 Å². The van der Waals surface area contributed by atoms with Crippen LogP contribution in [0.4, 0.5) is 0 Å². The van der Waals surface area contributed by atoms with Gasteiger partial charge in [0.2, 0.25) is 0 Å². The molecule has 1 aromatic heterocycles. The highest BCUT2D eigenvalue weighted by Gasteiger charge is 2.24. The maximum atomic E-state index is 12.8. The minimum atomic E-state index is 0. The molecular weight excluding hydrogens is 314 g/mol. The Kier molecular flexibility index (Phi) is 5.16. The van der Waals surface area contributed by atoms with Gasteiger partial charge in [0.15, 0.2) is 0 Å². The fourth-order valence-corrected chi connectivity index (χ4v) is 3.87. The number of aromatic amines is 1. The van der Waals surface area contributed by atoms with Crippen LogP contribution in [0.1, 0.15) is 48.8 Å². The van der Waals surface area contributed by atoms with Crippen molar-refractivity contribution in [1.82, 2.24) is 14.9 Å². The van der Waals surface area contributed by atoms with Crippen LogP contribution in [-0.4, -0.2) is 47.6 Å². The van der Waals surface area contributed by atoms with Gasteiger partial charge in [0, 0.05) is 48.2 Å². The summed E-state index contributed by atoms with van der Waals surface area (Å²) in [6.07, 6.45) is 3.16. The second kappa shape index (κ2) is 7.18. The standard InChI is InChI=1S/C19H25N3O2.CH4/c1-13-5-8-21(9-6-13)19(23)14-3-4-17-15(11-14)16-12-22(24-2)10-7-18(16)20-17;/h3-4,11,13,20H,5-10,12H2,1-2H3;1H4. The summed E-state index contributed by atoms with van der Waals surface area (Å²) in [5.74, 6) is 0.895. The van der Waals surface area contributed by atoms with E-state index in [-0.39, 0.29) is 13.3 Å². The largest absolute Gasteiger partial charge is 0.358 e. The van der Waals surface area contributed by atoms with E-state index in [0.29, 0.717) is 0 Å². The van der Waals surface area contributed by atoms with Gasteiger partial charge in [-0.2, -0.15) is 5.06 Å². The molecule has 1 amide bonds. The first-order valence-electron chi connectivity index (χ1n) is 8.87. The Bertz CT molecular complexity index is 760. The number of hydrogen-bond acceptors (Lipinski definition) is 3. The Hall–Kier alpha value is -1.85. The maximum absolute atomic E-state index is 12.8. The lowest BCUT2D eigenvalue weighted by molar-refractivity contribution is -0.141. The predicted molar refractivity (Wildman–Crippen MR) is 100 cm³/mol. The third-order valence-electron chi connectivity index (χ3n) is 5.52. The molecule has 1 fully saturated rings. The van der Waals surface area contributed by atoms with Crippen LogP contribution >= 0.6 is 0 Å². The van der Waals surface area contributed by atoms with Gasteiger partial charge in [-0.25, -0.2) is 0 Å². The maximum Gasteiger partial charge on any atom is 0.253 e. The lowest BCUT2D eigenvalue weighted by Crippen LogP contribution is -2.37. The molecule has 0 unspecified atom stereocenters. The molecule has 1 N–H and O–H groups in total. The zero-order valence-electron chi connectivity index (χ0n) is 14.5. The number of benzene rings is 1. The van der Waals surface area contributed by atoms with Crippen molar-refractivity contribution in [3.05, 3.63) is 35.0 Å². The lowest BCUT2D eigenvalue weighted by Gasteiger charge is -2.30. The summed E-state index contributed by atoms with van der Waals surface area (Å²) in [6, 6.07) is 6.06. The lowest BCUT2D eigenvalue weighted by atomic mass is 9.98. The molecule has 0 aliphatic carbocycles. The van der Waals surface area contributed by atoms with Gasteiger partial charge < -0.3 is 14.7 Å². The van der Waals surface area contributed by atoms with Crippen molar-refractivity contribution in [2.45, 2.75) is 40.2 Å². The highest BCUT2D eigenvalue weighted by Crippen LogP contribution is 2.29. The van der Waals surface area contributed by atoms with Crippen molar-refractivity contribution in [3.8, 4) is 0 Å². The number of amides is 1. The quantitative estimate of drug-likeness (QED) is 0.906. The number of fused-ring (bicyclic) bond motifs is 3. The molecule has 1 aromatic carbocycles. The second-order valence-electron chi connectivity index (χ2n) is 7.11.